The van der Waals surface area contributed by atoms with Crippen LogP contribution in [0.4, 0.5) is 14.5 Å². The minimum absolute atomic E-state index is 0.287. The molecule has 2 aromatic carbocycles. The van der Waals surface area contributed by atoms with E-state index in [9.17, 15) is 8.78 Å². The number of benzene rings is 2. The van der Waals surface area contributed by atoms with Gasteiger partial charge in [-0.05, 0) is 51.8 Å². The van der Waals surface area contributed by atoms with Crippen LogP contribution in [0.3, 0.4) is 0 Å². The van der Waals surface area contributed by atoms with E-state index in [-0.39, 0.29) is 11.6 Å². The fraction of sp³-hybridized carbons (Fsp3) is 0.0769. The molecule has 0 aliphatic heterocycles. The first-order valence-electron chi connectivity index (χ1n) is 5.18. The van der Waals surface area contributed by atoms with Crippen molar-refractivity contribution < 1.29 is 8.78 Å². The number of anilines is 1. The van der Waals surface area contributed by atoms with E-state index < -0.39 is 0 Å². The van der Waals surface area contributed by atoms with Gasteiger partial charge in [-0.15, -0.1) is 11.8 Å². The maximum atomic E-state index is 13.1. The number of hydrogen-bond donors (Lipinski definition) is 1. The summed E-state index contributed by atoms with van der Waals surface area (Å²) in [6.07, 6.45) is 0. The fourth-order valence-corrected chi connectivity index (χ4v) is 2.76. The van der Waals surface area contributed by atoms with Crippen molar-refractivity contribution in [2.75, 3.05) is 5.73 Å². The number of thioether (sulfide) groups is 1. The number of nitrogens with two attached hydrogens (primary N) is 1. The second kappa shape index (κ2) is 5.71. The summed E-state index contributed by atoms with van der Waals surface area (Å²) in [6, 6.07) is 9.17. The maximum Gasteiger partial charge on any atom is 0.137 e. The van der Waals surface area contributed by atoms with E-state index in [4.69, 9.17) is 5.73 Å². The van der Waals surface area contributed by atoms with Crippen LogP contribution < -0.4 is 5.73 Å². The van der Waals surface area contributed by atoms with E-state index in [0.29, 0.717) is 15.9 Å². The Bertz CT molecular complexity index is 575. The lowest BCUT2D eigenvalue weighted by Crippen LogP contribution is -1.90. The summed E-state index contributed by atoms with van der Waals surface area (Å²) in [7, 11) is 0. The van der Waals surface area contributed by atoms with Crippen LogP contribution in [-0.2, 0) is 5.75 Å². The third kappa shape index (κ3) is 3.23. The predicted molar refractivity (Wildman–Crippen MR) is 74.5 cm³/mol. The van der Waals surface area contributed by atoms with Crippen molar-refractivity contribution in [3.05, 3.63) is 58.1 Å². The van der Waals surface area contributed by atoms with Gasteiger partial charge in [0.1, 0.15) is 11.6 Å². The van der Waals surface area contributed by atoms with E-state index in [1.54, 1.807) is 18.2 Å². The lowest BCUT2D eigenvalue weighted by molar-refractivity contribution is 0.620. The third-order valence-electron chi connectivity index (χ3n) is 2.35. The van der Waals surface area contributed by atoms with Gasteiger partial charge in [-0.2, -0.15) is 0 Å². The largest absolute Gasteiger partial charge is 0.398 e. The average molecular weight is 330 g/mol. The molecule has 2 rings (SSSR count). The predicted octanol–water partition coefficient (Wildman–Crippen LogP) is 4.60. The minimum atomic E-state index is -0.346. The highest BCUT2D eigenvalue weighted by molar-refractivity contribution is 9.10. The number of nitrogen functional groups attached to an aromatic ring is 1. The van der Waals surface area contributed by atoms with Gasteiger partial charge in [-0.3, -0.25) is 0 Å². The van der Waals surface area contributed by atoms with E-state index >= 15 is 0 Å². The van der Waals surface area contributed by atoms with E-state index in [0.717, 1.165) is 10.5 Å². The molecule has 0 bridgehead atoms. The first-order chi connectivity index (χ1) is 8.56. The molecule has 2 aromatic rings. The van der Waals surface area contributed by atoms with Crippen LogP contribution >= 0.6 is 27.7 Å². The van der Waals surface area contributed by atoms with Crippen molar-refractivity contribution in [2.24, 2.45) is 0 Å². The van der Waals surface area contributed by atoms with Gasteiger partial charge in [-0.25, -0.2) is 8.78 Å². The first kappa shape index (κ1) is 13.4. The molecule has 0 radical (unpaired) electrons. The molecule has 94 valence electrons. The Morgan fingerprint density at radius 2 is 1.89 bits per heavy atom. The smallest absolute Gasteiger partial charge is 0.137 e. The van der Waals surface area contributed by atoms with Crippen molar-refractivity contribution in [2.45, 2.75) is 10.6 Å². The molecule has 0 saturated carbocycles. The molecule has 0 aliphatic rings. The highest BCUT2D eigenvalue weighted by Crippen LogP contribution is 2.29. The van der Waals surface area contributed by atoms with E-state index in [1.165, 1.54) is 30.0 Å². The Kier molecular flexibility index (Phi) is 4.24. The summed E-state index contributed by atoms with van der Waals surface area (Å²) < 4.78 is 26.4. The summed E-state index contributed by atoms with van der Waals surface area (Å²) in [4.78, 5) is 0.817. The average Bonchev–Trinajstić information content (AvgIpc) is 2.32. The molecule has 0 unspecified atom stereocenters. The summed E-state index contributed by atoms with van der Waals surface area (Å²) >= 11 is 4.63. The van der Waals surface area contributed by atoms with Crippen LogP contribution in [0.15, 0.2) is 45.8 Å². The molecule has 0 aromatic heterocycles. The highest BCUT2D eigenvalue weighted by Gasteiger charge is 2.04. The van der Waals surface area contributed by atoms with Gasteiger partial charge in [-0.1, -0.05) is 6.07 Å². The van der Waals surface area contributed by atoms with Crippen molar-refractivity contribution in [3.63, 3.8) is 0 Å². The second-order valence-corrected chi connectivity index (χ2v) is 5.59. The Morgan fingerprint density at radius 3 is 2.56 bits per heavy atom. The van der Waals surface area contributed by atoms with E-state index in [2.05, 4.69) is 15.9 Å². The van der Waals surface area contributed by atoms with Crippen LogP contribution in [0.25, 0.3) is 0 Å². The zero-order valence-corrected chi connectivity index (χ0v) is 11.7. The zero-order valence-electron chi connectivity index (χ0n) is 9.29. The first-order valence-corrected chi connectivity index (χ1v) is 6.96. The molecule has 5 heteroatoms. The van der Waals surface area contributed by atoms with Crippen molar-refractivity contribution in [1.29, 1.82) is 0 Å². The van der Waals surface area contributed by atoms with Crippen LogP contribution in [0.1, 0.15) is 5.56 Å². The molecule has 0 atom stereocenters. The quantitative estimate of drug-likeness (QED) is 0.657. The highest BCUT2D eigenvalue weighted by atomic mass is 79.9. The molecule has 0 amide bonds. The van der Waals surface area contributed by atoms with Crippen LogP contribution in [0, 0.1) is 11.6 Å². The number of hydrogen-bond acceptors (Lipinski definition) is 2. The molecule has 0 fully saturated rings. The Balaban J connectivity index is 2.09. The van der Waals surface area contributed by atoms with Crippen LogP contribution in [0.2, 0.25) is 0 Å². The molecule has 2 N–H and O–H groups in total. The van der Waals surface area contributed by atoms with Gasteiger partial charge >= 0.3 is 0 Å². The lowest BCUT2D eigenvalue weighted by atomic mass is 10.2. The summed E-state index contributed by atoms with van der Waals surface area (Å²) in [6.45, 7) is 0. The minimum Gasteiger partial charge on any atom is -0.398 e. The standard InChI is InChI=1S/C13H10BrF2NS/c14-10-5-8(1-3-11(10)16)7-18-13-4-2-9(15)6-12(13)17/h1-6H,7,17H2. The van der Waals surface area contributed by atoms with Gasteiger partial charge in [0, 0.05) is 16.3 Å². The van der Waals surface area contributed by atoms with Crippen molar-refractivity contribution in [1.82, 2.24) is 0 Å². The monoisotopic (exact) mass is 329 g/mol. The van der Waals surface area contributed by atoms with Gasteiger partial charge in [0.2, 0.25) is 0 Å². The second-order valence-electron chi connectivity index (χ2n) is 3.72. The van der Waals surface area contributed by atoms with Crippen molar-refractivity contribution in [3.8, 4) is 0 Å². The summed E-state index contributed by atoms with van der Waals surface area (Å²) in [5.74, 6) is 0.0146. The Hall–Kier alpha value is -1.07. The molecular formula is C13H10BrF2NS. The summed E-state index contributed by atoms with van der Waals surface area (Å²) in [5.41, 5.74) is 7.10. The Morgan fingerprint density at radius 1 is 1.11 bits per heavy atom. The van der Waals surface area contributed by atoms with Crippen LogP contribution in [-0.4, -0.2) is 0 Å². The van der Waals surface area contributed by atoms with E-state index in [1.807, 2.05) is 0 Å². The fourth-order valence-electron chi connectivity index (χ4n) is 1.44. The molecule has 18 heavy (non-hydrogen) atoms. The van der Waals surface area contributed by atoms with Gasteiger partial charge in [0.25, 0.3) is 0 Å². The molecule has 0 aliphatic carbocycles. The Labute approximate surface area is 117 Å². The topological polar surface area (TPSA) is 26.0 Å². The molecule has 0 spiro atoms. The van der Waals surface area contributed by atoms with Gasteiger partial charge in [0.05, 0.1) is 4.47 Å². The zero-order chi connectivity index (χ0) is 13.1. The maximum absolute atomic E-state index is 13.1. The molecule has 1 nitrogen and oxygen atoms in total. The lowest BCUT2D eigenvalue weighted by Gasteiger charge is -2.06. The van der Waals surface area contributed by atoms with Crippen molar-refractivity contribution >= 4 is 33.4 Å². The molecular weight excluding hydrogens is 320 g/mol. The number of halogens is 3. The van der Waals surface area contributed by atoms with Gasteiger partial charge in [0.15, 0.2) is 0 Å². The number of rotatable bonds is 3. The molecule has 0 saturated heterocycles. The van der Waals surface area contributed by atoms with Crippen LogP contribution in [0.5, 0.6) is 0 Å². The molecule has 0 heterocycles. The van der Waals surface area contributed by atoms with Gasteiger partial charge < -0.3 is 5.73 Å². The SMILES string of the molecule is Nc1cc(F)ccc1SCc1ccc(F)c(Br)c1. The third-order valence-corrected chi connectivity index (χ3v) is 4.12. The normalized spacial score (nSPS) is 10.6. The summed E-state index contributed by atoms with van der Waals surface area (Å²) in [5, 5.41) is 0.